The summed E-state index contributed by atoms with van der Waals surface area (Å²) in [6, 6.07) is 0. The Balaban J connectivity index is 2.70. The summed E-state index contributed by atoms with van der Waals surface area (Å²) in [5.74, 6) is 0. The molecular weight excluding hydrogens is 170 g/mol. The van der Waals surface area contributed by atoms with Crippen molar-refractivity contribution in [2.45, 2.75) is 51.3 Å². The Morgan fingerprint density at radius 3 is 2.31 bits per heavy atom. The van der Waals surface area contributed by atoms with Crippen LogP contribution in [-0.4, -0.2) is 28.4 Å². The van der Waals surface area contributed by atoms with Gasteiger partial charge < -0.3 is 15.2 Å². The van der Waals surface area contributed by atoms with E-state index in [4.69, 9.17) is 9.84 Å². The predicted molar refractivity (Wildman–Crippen MR) is 48.8 cm³/mol. The lowest BCUT2D eigenvalue weighted by atomic mass is 9.97. The predicted octanol–water partition coefficient (Wildman–Crippen LogP) is 1.60. The van der Waals surface area contributed by atoms with Crippen LogP contribution >= 0.6 is 0 Å². The highest BCUT2D eigenvalue weighted by atomic mass is 16.7. The molecule has 0 spiro atoms. The molecule has 0 aromatic rings. The van der Waals surface area contributed by atoms with Gasteiger partial charge in [-0.3, -0.25) is 0 Å². The smallest absolute Gasteiger partial charge is 0.450 e. The van der Waals surface area contributed by atoms with Crippen molar-refractivity contribution < 1.29 is 14.6 Å². The van der Waals surface area contributed by atoms with Gasteiger partial charge in [0.1, 0.15) is 6.10 Å². The molecular formula is C9H17NO3. The molecule has 1 saturated heterocycles. The molecule has 0 saturated carbocycles. The van der Waals surface area contributed by atoms with Crippen molar-refractivity contribution in [2.75, 3.05) is 0 Å². The molecule has 1 aliphatic rings. The van der Waals surface area contributed by atoms with Crippen molar-refractivity contribution >= 4 is 6.16 Å². The molecule has 0 bridgehead atoms. The minimum absolute atomic E-state index is 0.0520. The number of carbonyl (C=O) groups is 1. The van der Waals surface area contributed by atoms with Crippen LogP contribution in [0.4, 0.5) is 4.79 Å². The Morgan fingerprint density at radius 1 is 1.46 bits per heavy atom. The van der Waals surface area contributed by atoms with Crippen molar-refractivity contribution in [3.8, 4) is 0 Å². The maximum Gasteiger partial charge on any atom is 0.506 e. The maximum absolute atomic E-state index is 10.4. The first-order valence-corrected chi connectivity index (χ1v) is 4.42. The second-order valence-electron chi connectivity index (χ2n) is 4.81. The first-order valence-electron chi connectivity index (χ1n) is 4.42. The molecule has 2 N–H and O–H groups in total. The van der Waals surface area contributed by atoms with E-state index in [9.17, 15) is 4.79 Å². The second-order valence-corrected chi connectivity index (χ2v) is 4.81. The molecule has 4 nitrogen and oxygen atoms in total. The zero-order chi connectivity index (χ0) is 10.3. The van der Waals surface area contributed by atoms with Crippen LogP contribution in [-0.2, 0) is 4.74 Å². The number of rotatable bonds is 1. The van der Waals surface area contributed by atoms with Crippen LogP contribution in [0.25, 0.3) is 0 Å². The van der Waals surface area contributed by atoms with Gasteiger partial charge >= 0.3 is 6.16 Å². The Morgan fingerprint density at radius 2 is 2.00 bits per heavy atom. The van der Waals surface area contributed by atoms with Gasteiger partial charge in [0, 0.05) is 12.0 Å². The topological polar surface area (TPSA) is 58.6 Å². The summed E-state index contributed by atoms with van der Waals surface area (Å²) < 4.78 is 4.82. The van der Waals surface area contributed by atoms with E-state index in [0.29, 0.717) is 6.42 Å². The summed E-state index contributed by atoms with van der Waals surface area (Å²) in [5, 5.41) is 11.9. The zero-order valence-electron chi connectivity index (χ0n) is 8.55. The second kappa shape index (κ2) is 2.87. The van der Waals surface area contributed by atoms with Crippen molar-refractivity contribution in [1.29, 1.82) is 0 Å². The summed E-state index contributed by atoms with van der Waals surface area (Å²) in [5.41, 5.74) is -0.328. The highest BCUT2D eigenvalue weighted by molar-refractivity contribution is 5.57. The highest BCUT2D eigenvalue weighted by Gasteiger charge is 2.46. The molecule has 1 aliphatic heterocycles. The third kappa shape index (κ3) is 2.34. The first-order chi connectivity index (χ1) is 5.73. The maximum atomic E-state index is 10.4. The molecule has 0 aromatic carbocycles. The fraction of sp³-hybridized carbons (Fsp3) is 0.889. The molecule has 0 aromatic heterocycles. The van der Waals surface area contributed by atoms with E-state index in [1.165, 1.54) is 0 Å². The summed E-state index contributed by atoms with van der Waals surface area (Å²) in [4.78, 5) is 10.4. The van der Waals surface area contributed by atoms with Gasteiger partial charge in [-0.25, -0.2) is 4.79 Å². The summed E-state index contributed by atoms with van der Waals surface area (Å²) in [7, 11) is 0. The normalized spacial score (nSPS) is 30.0. The average Bonchev–Trinajstić information content (AvgIpc) is 1.98. The van der Waals surface area contributed by atoms with E-state index in [1.807, 2.05) is 27.7 Å². The van der Waals surface area contributed by atoms with E-state index in [2.05, 4.69) is 5.32 Å². The Kier molecular flexibility index (Phi) is 2.28. The van der Waals surface area contributed by atoms with E-state index < -0.39 is 6.16 Å². The lowest BCUT2D eigenvalue weighted by Gasteiger charge is -2.27. The molecule has 13 heavy (non-hydrogen) atoms. The molecule has 1 unspecified atom stereocenters. The monoisotopic (exact) mass is 187 g/mol. The van der Waals surface area contributed by atoms with Crippen LogP contribution in [0, 0.1) is 0 Å². The number of hydrogen-bond acceptors (Lipinski definition) is 3. The first kappa shape index (κ1) is 10.3. The van der Waals surface area contributed by atoms with Gasteiger partial charge in [-0.2, -0.15) is 0 Å². The third-order valence-electron chi connectivity index (χ3n) is 2.40. The minimum Gasteiger partial charge on any atom is -0.450 e. The van der Waals surface area contributed by atoms with Gasteiger partial charge in [-0.15, -0.1) is 0 Å². The SMILES string of the molecule is CC1(C)CC(OC(=O)O)C(C)(C)N1. The molecule has 1 atom stereocenters. The number of ether oxygens (including phenoxy) is 1. The van der Waals surface area contributed by atoms with Crippen LogP contribution < -0.4 is 5.32 Å². The quantitative estimate of drug-likeness (QED) is 0.612. The van der Waals surface area contributed by atoms with Crippen molar-refractivity contribution in [2.24, 2.45) is 0 Å². The van der Waals surface area contributed by atoms with Crippen LogP contribution in [0.1, 0.15) is 34.1 Å². The van der Waals surface area contributed by atoms with Crippen molar-refractivity contribution in [3.63, 3.8) is 0 Å². The van der Waals surface area contributed by atoms with Gasteiger partial charge in [0.15, 0.2) is 0 Å². The zero-order valence-corrected chi connectivity index (χ0v) is 8.55. The number of hydrogen-bond donors (Lipinski definition) is 2. The van der Waals surface area contributed by atoms with E-state index in [-0.39, 0.29) is 17.2 Å². The van der Waals surface area contributed by atoms with Gasteiger partial charge in [-0.05, 0) is 27.7 Å². The lowest BCUT2D eigenvalue weighted by molar-refractivity contribution is 0.0297. The molecule has 0 radical (unpaired) electrons. The lowest BCUT2D eigenvalue weighted by Crippen LogP contribution is -2.47. The molecule has 1 rings (SSSR count). The molecule has 76 valence electrons. The Hall–Kier alpha value is -0.770. The molecule has 0 aliphatic carbocycles. The fourth-order valence-corrected chi connectivity index (χ4v) is 2.03. The number of nitrogens with one attached hydrogen (secondary N) is 1. The van der Waals surface area contributed by atoms with Crippen LogP contribution in [0.5, 0.6) is 0 Å². The summed E-state index contributed by atoms with van der Waals surface area (Å²) in [6.07, 6.45) is -0.746. The molecule has 0 amide bonds. The number of carboxylic acid groups (broad SMARTS) is 1. The van der Waals surface area contributed by atoms with Crippen molar-refractivity contribution in [3.05, 3.63) is 0 Å². The minimum atomic E-state index is -1.20. The van der Waals surface area contributed by atoms with Gasteiger partial charge in [0.2, 0.25) is 0 Å². The largest absolute Gasteiger partial charge is 0.506 e. The standard InChI is InChI=1S/C9H17NO3/c1-8(2)5-6(13-7(11)12)9(3,4)10-8/h6,10H,5H2,1-4H3,(H,11,12). The average molecular weight is 187 g/mol. The van der Waals surface area contributed by atoms with E-state index in [0.717, 1.165) is 0 Å². The molecule has 1 heterocycles. The van der Waals surface area contributed by atoms with Crippen LogP contribution in [0.15, 0.2) is 0 Å². The molecule has 1 fully saturated rings. The Bertz CT molecular complexity index is 223. The summed E-state index contributed by atoms with van der Waals surface area (Å²) >= 11 is 0. The van der Waals surface area contributed by atoms with Crippen molar-refractivity contribution in [1.82, 2.24) is 5.32 Å². The molecule has 4 heteroatoms. The summed E-state index contributed by atoms with van der Waals surface area (Å²) in [6.45, 7) is 7.99. The van der Waals surface area contributed by atoms with E-state index >= 15 is 0 Å². The Labute approximate surface area is 78.3 Å². The van der Waals surface area contributed by atoms with Gasteiger partial charge in [0.25, 0.3) is 0 Å². The third-order valence-corrected chi connectivity index (χ3v) is 2.40. The van der Waals surface area contributed by atoms with Crippen LogP contribution in [0.2, 0.25) is 0 Å². The fourth-order valence-electron chi connectivity index (χ4n) is 2.03. The van der Waals surface area contributed by atoms with Gasteiger partial charge in [0.05, 0.1) is 5.54 Å². The van der Waals surface area contributed by atoms with E-state index in [1.54, 1.807) is 0 Å². The van der Waals surface area contributed by atoms with Crippen LogP contribution in [0.3, 0.4) is 0 Å². The van der Waals surface area contributed by atoms with Gasteiger partial charge in [-0.1, -0.05) is 0 Å². The highest BCUT2D eigenvalue weighted by Crippen LogP contribution is 2.32.